The molecule has 2 N–H and O–H groups in total. The second kappa shape index (κ2) is 6.75. The van der Waals surface area contributed by atoms with Gasteiger partial charge < -0.3 is 19.9 Å². The first-order valence-corrected chi connectivity index (χ1v) is 6.62. The van der Waals surface area contributed by atoms with Crippen LogP contribution in [-0.2, 0) is 14.3 Å². The fourth-order valence-electron chi connectivity index (χ4n) is 1.93. The first kappa shape index (κ1) is 15.8. The summed E-state index contributed by atoms with van der Waals surface area (Å²) in [7, 11) is 0. The molecule has 1 saturated heterocycles. The average molecular weight is 273 g/mol. The number of alkyl carbamates (subject to hydrolysis) is 1. The van der Waals surface area contributed by atoms with E-state index >= 15 is 0 Å². The smallest absolute Gasteiger partial charge is 0.408 e. The van der Waals surface area contributed by atoms with E-state index in [-0.39, 0.29) is 12.5 Å². The first-order chi connectivity index (χ1) is 8.78. The normalized spacial score (nSPS) is 21.5. The number of ether oxygens (including phenoxy) is 2. The van der Waals surface area contributed by atoms with Crippen molar-refractivity contribution >= 4 is 12.1 Å². The maximum atomic E-state index is 11.6. The van der Waals surface area contributed by atoms with Gasteiger partial charge in [-0.15, -0.1) is 0 Å². The summed E-state index contributed by atoms with van der Waals surface area (Å²) in [5.41, 5.74) is -0.644. The Kier molecular flexibility index (Phi) is 5.60. The van der Waals surface area contributed by atoms with Gasteiger partial charge in [0, 0.05) is 13.0 Å². The summed E-state index contributed by atoms with van der Waals surface area (Å²) in [4.78, 5) is 22.7. The molecule has 6 heteroatoms. The number of carbonyl (C=O) groups is 2. The van der Waals surface area contributed by atoms with Crippen LogP contribution in [0.2, 0.25) is 0 Å². The summed E-state index contributed by atoms with van der Waals surface area (Å²) in [6, 6.07) is -0.974. The summed E-state index contributed by atoms with van der Waals surface area (Å²) < 4.78 is 10.5. The van der Waals surface area contributed by atoms with E-state index in [0.717, 1.165) is 19.3 Å². The average Bonchev–Trinajstić information content (AvgIpc) is 2.26. The molecule has 0 aromatic carbocycles. The molecular formula is C13H23NO5. The van der Waals surface area contributed by atoms with Crippen molar-refractivity contribution in [2.75, 3.05) is 6.61 Å². The monoisotopic (exact) mass is 273 g/mol. The molecule has 1 aliphatic heterocycles. The molecule has 0 radical (unpaired) electrons. The van der Waals surface area contributed by atoms with E-state index < -0.39 is 23.7 Å². The highest BCUT2D eigenvalue weighted by Gasteiger charge is 2.27. The molecule has 0 saturated carbocycles. The van der Waals surface area contributed by atoms with Crippen LogP contribution in [-0.4, -0.2) is 41.5 Å². The minimum atomic E-state index is -1.07. The predicted molar refractivity (Wildman–Crippen MR) is 69.0 cm³/mol. The van der Waals surface area contributed by atoms with E-state index in [1.807, 2.05) is 0 Å². The van der Waals surface area contributed by atoms with Gasteiger partial charge in [0.05, 0.1) is 6.10 Å². The van der Waals surface area contributed by atoms with E-state index in [0.29, 0.717) is 6.61 Å². The predicted octanol–water partition coefficient (Wildman–Crippen LogP) is 1.92. The Bertz CT molecular complexity index is 317. The lowest BCUT2D eigenvalue weighted by atomic mass is 10.0. The van der Waals surface area contributed by atoms with Crippen LogP contribution in [0.3, 0.4) is 0 Å². The van der Waals surface area contributed by atoms with Crippen LogP contribution in [0.1, 0.15) is 46.5 Å². The second-order valence-corrected chi connectivity index (χ2v) is 5.76. The van der Waals surface area contributed by atoms with Gasteiger partial charge in [-0.3, -0.25) is 0 Å². The van der Waals surface area contributed by atoms with Gasteiger partial charge in [0.25, 0.3) is 0 Å². The third-order valence-corrected chi connectivity index (χ3v) is 2.76. The lowest BCUT2D eigenvalue weighted by molar-refractivity contribution is -0.141. The van der Waals surface area contributed by atoms with Crippen molar-refractivity contribution in [3.05, 3.63) is 0 Å². The molecule has 0 aromatic rings. The third kappa shape index (κ3) is 6.42. The second-order valence-electron chi connectivity index (χ2n) is 5.76. The van der Waals surface area contributed by atoms with Gasteiger partial charge in [-0.05, 0) is 40.0 Å². The fourth-order valence-corrected chi connectivity index (χ4v) is 1.93. The summed E-state index contributed by atoms with van der Waals surface area (Å²) in [6.45, 7) is 5.84. The minimum Gasteiger partial charge on any atom is -0.480 e. The van der Waals surface area contributed by atoms with E-state index in [9.17, 15) is 9.59 Å². The molecule has 0 spiro atoms. The van der Waals surface area contributed by atoms with Crippen molar-refractivity contribution in [2.45, 2.75) is 64.2 Å². The van der Waals surface area contributed by atoms with Gasteiger partial charge in [-0.1, -0.05) is 0 Å². The Morgan fingerprint density at radius 3 is 2.58 bits per heavy atom. The fraction of sp³-hybridized carbons (Fsp3) is 0.846. The van der Waals surface area contributed by atoms with Gasteiger partial charge in [0.2, 0.25) is 0 Å². The van der Waals surface area contributed by atoms with E-state index in [4.69, 9.17) is 14.6 Å². The maximum Gasteiger partial charge on any atom is 0.408 e. The van der Waals surface area contributed by atoms with Gasteiger partial charge in [0.15, 0.2) is 0 Å². The number of carboxylic acids is 1. The Balaban J connectivity index is 2.48. The van der Waals surface area contributed by atoms with Gasteiger partial charge in [0.1, 0.15) is 11.6 Å². The molecule has 1 amide bonds. The van der Waals surface area contributed by atoms with E-state index in [2.05, 4.69) is 5.32 Å². The first-order valence-electron chi connectivity index (χ1n) is 6.62. The highest BCUT2D eigenvalue weighted by Crippen LogP contribution is 2.17. The minimum absolute atomic E-state index is 0.107. The molecule has 0 aliphatic carbocycles. The molecule has 0 bridgehead atoms. The Hall–Kier alpha value is -1.30. The van der Waals surface area contributed by atoms with Crippen molar-refractivity contribution in [3.8, 4) is 0 Å². The summed E-state index contributed by atoms with van der Waals surface area (Å²) in [5, 5.41) is 11.5. The lowest BCUT2D eigenvalue weighted by Crippen LogP contribution is -2.45. The number of carbonyl (C=O) groups excluding carboxylic acids is 1. The molecule has 0 aromatic heterocycles. The van der Waals surface area contributed by atoms with Gasteiger partial charge in [-0.25, -0.2) is 9.59 Å². The van der Waals surface area contributed by atoms with Crippen LogP contribution in [0.5, 0.6) is 0 Å². The summed E-state index contributed by atoms with van der Waals surface area (Å²) >= 11 is 0. The maximum absolute atomic E-state index is 11.6. The molecule has 2 unspecified atom stereocenters. The zero-order chi connectivity index (χ0) is 14.5. The number of nitrogens with one attached hydrogen (secondary N) is 1. The van der Waals surface area contributed by atoms with Crippen molar-refractivity contribution in [3.63, 3.8) is 0 Å². The topological polar surface area (TPSA) is 84.9 Å². The number of aliphatic carboxylic acids is 1. The third-order valence-electron chi connectivity index (χ3n) is 2.76. The molecule has 19 heavy (non-hydrogen) atoms. The molecule has 110 valence electrons. The Morgan fingerprint density at radius 2 is 2.11 bits per heavy atom. The summed E-state index contributed by atoms with van der Waals surface area (Å²) in [5.74, 6) is -1.07. The lowest BCUT2D eigenvalue weighted by Gasteiger charge is -2.26. The van der Waals surface area contributed by atoms with Crippen molar-refractivity contribution in [2.24, 2.45) is 0 Å². The highest BCUT2D eigenvalue weighted by molar-refractivity contribution is 5.80. The Morgan fingerprint density at radius 1 is 1.42 bits per heavy atom. The quantitative estimate of drug-likeness (QED) is 0.817. The van der Waals surface area contributed by atoms with Crippen LogP contribution in [0.4, 0.5) is 4.79 Å². The standard InChI is InChI=1S/C13H23NO5/c1-13(2,3)19-12(17)14-10(11(15)16)8-9-6-4-5-7-18-9/h9-10H,4-8H2,1-3H3,(H,14,17)(H,15,16). The van der Waals surface area contributed by atoms with E-state index in [1.54, 1.807) is 20.8 Å². The number of hydrogen-bond acceptors (Lipinski definition) is 4. The molecule has 6 nitrogen and oxygen atoms in total. The molecule has 1 fully saturated rings. The van der Waals surface area contributed by atoms with Crippen LogP contribution in [0, 0.1) is 0 Å². The molecular weight excluding hydrogens is 250 g/mol. The number of carboxylic acid groups (broad SMARTS) is 1. The van der Waals surface area contributed by atoms with Gasteiger partial charge >= 0.3 is 12.1 Å². The molecule has 1 heterocycles. The van der Waals surface area contributed by atoms with Crippen LogP contribution < -0.4 is 5.32 Å². The number of amides is 1. The summed E-state index contributed by atoms with van der Waals surface area (Å²) in [6.07, 6.45) is 2.33. The molecule has 1 aliphatic rings. The molecule has 2 atom stereocenters. The van der Waals surface area contributed by atoms with E-state index in [1.165, 1.54) is 0 Å². The zero-order valence-corrected chi connectivity index (χ0v) is 11.8. The zero-order valence-electron chi connectivity index (χ0n) is 11.8. The van der Waals surface area contributed by atoms with Crippen molar-refractivity contribution in [1.82, 2.24) is 5.32 Å². The van der Waals surface area contributed by atoms with Crippen molar-refractivity contribution in [1.29, 1.82) is 0 Å². The number of rotatable bonds is 4. The van der Waals surface area contributed by atoms with Crippen LogP contribution >= 0.6 is 0 Å². The van der Waals surface area contributed by atoms with Crippen molar-refractivity contribution < 1.29 is 24.2 Å². The number of hydrogen-bond donors (Lipinski definition) is 2. The largest absolute Gasteiger partial charge is 0.480 e. The SMILES string of the molecule is CC(C)(C)OC(=O)NC(CC1CCCCO1)C(=O)O. The van der Waals surface area contributed by atoms with Crippen LogP contribution in [0.15, 0.2) is 0 Å². The van der Waals surface area contributed by atoms with Gasteiger partial charge in [-0.2, -0.15) is 0 Å². The van der Waals surface area contributed by atoms with Crippen LogP contribution in [0.25, 0.3) is 0 Å². The molecule has 1 rings (SSSR count). The highest BCUT2D eigenvalue weighted by atomic mass is 16.6. The Labute approximate surface area is 113 Å².